The maximum Gasteiger partial charge on any atom is 0.264 e. The predicted molar refractivity (Wildman–Crippen MR) is 103 cm³/mol. The van der Waals surface area contributed by atoms with Gasteiger partial charge < -0.3 is 5.32 Å². The standard InChI is InChI=1S/C17H17N3OS3/c21-15-14(24-17(20-15)19-12-4-2-1-3-5-12)8-13-10-23-16(18-13)11-6-7-22-9-11/h6-10,12H,1-5H2,(H,19,20,21)/b14-8-. The average molecular weight is 376 g/mol. The van der Waals surface area contributed by atoms with Gasteiger partial charge in [-0.25, -0.2) is 4.98 Å². The van der Waals surface area contributed by atoms with Gasteiger partial charge in [0.05, 0.1) is 16.6 Å². The first-order valence-corrected chi connectivity index (χ1v) is 10.7. The van der Waals surface area contributed by atoms with E-state index in [0.29, 0.717) is 10.9 Å². The Balaban J connectivity index is 1.49. The number of nitrogens with zero attached hydrogens (tertiary/aromatic N) is 2. The summed E-state index contributed by atoms with van der Waals surface area (Å²) in [6.45, 7) is 0. The first kappa shape index (κ1) is 16.1. The molecule has 1 aliphatic heterocycles. The van der Waals surface area contributed by atoms with Crippen molar-refractivity contribution in [2.24, 2.45) is 4.99 Å². The number of thioether (sulfide) groups is 1. The van der Waals surface area contributed by atoms with E-state index in [4.69, 9.17) is 4.99 Å². The zero-order valence-electron chi connectivity index (χ0n) is 13.0. The van der Waals surface area contributed by atoms with E-state index in [1.807, 2.05) is 16.8 Å². The van der Waals surface area contributed by atoms with Crippen molar-refractivity contribution in [2.45, 2.75) is 38.1 Å². The molecule has 7 heteroatoms. The minimum atomic E-state index is -0.0698. The number of rotatable bonds is 3. The lowest BCUT2D eigenvalue weighted by Gasteiger charge is -2.17. The highest BCUT2D eigenvalue weighted by atomic mass is 32.2. The topological polar surface area (TPSA) is 54.4 Å². The number of aromatic nitrogens is 1. The number of hydrogen-bond acceptors (Lipinski definition) is 6. The monoisotopic (exact) mass is 375 g/mol. The summed E-state index contributed by atoms with van der Waals surface area (Å²) in [5.41, 5.74) is 1.97. The van der Waals surface area contributed by atoms with Gasteiger partial charge in [-0.3, -0.25) is 9.79 Å². The fourth-order valence-electron chi connectivity index (χ4n) is 2.87. The maximum absolute atomic E-state index is 12.2. The lowest BCUT2D eigenvalue weighted by atomic mass is 9.96. The van der Waals surface area contributed by atoms with Gasteiger partial charge in [0, 0.05) is 16.3 Å². The van der Waals surface area contributed by atoms with Crippen molar-refractivity contribution in [3.8, 4) is 10.6 Å². The molecule has 0 spiro atoms. The Morgan fingerprint density at radius 2 is 2.12 bits per heavy atom. The molecule has 124 valence electrons. The molecule has 1 N–H and O–H groups in total. The lowest BCUT2D eigenvalue weighted by Crippen LogP contribution is -2.22. The molecule has 2 aromatic heterocycles. The van der Waals surface area contributed by atoms with E-state index >= 15 is 0 Å². The summed E-state index contributed by atoms with van der Waals surface area (Å²) >= 11 is 4.69. The molecule has 1 saturated heterocycles. The minimum Gasteiger partial charge on any atom is -0.301 e. The predicted octanol–water partition coefficient (Wildman–Crippen LogP) is 4.76. The van der Waals surface area contributed by atoms with Crippen LogP contribution in [0.4, 0.5) is 0 Å². The molecule has 2 fully saturated rings. The van der Waals surface area contributed by atoms with Crippen LogP contribution in [0.1, 0.15) is 37.8 Å². The zero-order valence-corrected chi connectivity index (χ0v) is 15.5. The molecule has 0 atom stereocenters. The molecular weight excluding hydrogens is 358 g/mol. The third-order valence-corrected chi connectivity index (χ3v) is 6.61. The molecule has 0 bridgehead atoms. The highest BCUT2D eigenvalue weighted by Gasteiger charge is 2.25. The summed E-state index contributed by atoms with van der Waals surface area (Å²) in [6.07, 6.45) is 7.92. The Morgan fingerprint density at radius 1 is 1.25 bits per heavy atom. The van der Waals surface area contributed by atoms with Crippen LogP contribution in [0.5, 0.6) is 0 Å². The van der Waals surface area contributed by atoms with Crippen molar-refractivity contribution in [1.82, 2.24) is 10.3 Å². The summed E-state index contributed by atoms with van der Waals surface area (Å²) in [6, 6.07) is 2.43. The van der Waals surface area contributed by atoms with Crippen LogP contribution in [-0.2, 0) is 4.79 Å². The van der Waals surface area contributed by atoms with Gasteiger partial charge in [0.2, 0.25) is 0 Å². The molecule has 1 saturated carbocycles. The molecule has 0 radical (unpaired) electrons. The van der Waals surface area contributed by atoms with Gasteiger partial charge in [0.15, 0.2) is 5.17 Å². The minimum absolute atomic E-state index is 0.0698. The van der Waals surface area contributed by atoms with Crippen LogP contribution in [0.2, 0.25) is 0 Å². The van der Waals surface area contributed by atoms with Crippen LogP contribution >= 0.6 is 34.4 Å². The molecule has 0 unspecified atom stereocenters. The van der Waals surface area contributed by atoms with Gasteiger partial charge >= 0.3 is 0 Å². The molecule has 4 rings (SSSR count). The molecular formula is C17H17N3OS3. The van der Waals surface area contributed by atoms with Gasteiger partial charge in [-0.1, -0.05) is 19.3 Å². The van der Waals surface area contributed by atoms with E-state index in [9.17, 15) is 4.79 Å². The number of thiophene rings is 1. The molecule has 4 nitrogen and oxygen atoms in total. The van der Waals surface area contributed by atoms with E-state index in [0.717, 1.165) is 34.3 Å². The number of aliphatic imine (C=N–C) groups is 1. The van der Waals surface area contributed by atoms with Crippen molar-refractivity contribution >= 4 is 51.6 Å². The number of thiazole rings is 1. The number of nitrogens with one attached hydrogen (secondary N) is 1. The van der Waals surface area contributed by atoms with Crippen molar-refractivity contribution in [2.75, 3.05) is 0 Å². The molecule has 2 aliphatic rings. The Bertz CT molecular complexity index is 786. The number of carbonyl (C=O) groups excluding carboxylic acids is 1. The Kier molecular flexibility index (Phi) is 4.82. The third-order valence-electron chi connectivity index (χ3n) is 4.09. The van der Waals surface area contributed by atoms with E-state index < -0.39 is 0 Å². The fraction of sp³-hybridized carbons (Fsp3) is 0.353. The van der Waals surface area contributed by atoms with Crippen molar-refractivity contribution in [1.29, 1.82) is 0 Å². The second-order valence-electron chi connectivity index (χ2n) is 5.88. The van der Waals surface area contributed by atoms with Gasteiger partial charge in [0.25, 0.3) is 5.91 Å². The smallest absolute Gasteiger partial charge is 0.264 e. The van der Waals surface area contributed by atoms with Crippen LogP contribution in [0.3, 0.4) is 0 Å². The Labute approximate surface area is 153 Å². The van der Waals surface area contributed by atoms with Gasteiger partial charge in [-0.15, -0.1) is 11.3 Å². The van der Waals surface area contributed by atoms with Gasteiger partial charge in [-0.05, 0) is 42.1 Å². The summed E-state index contributed by atoms with van der Waals surface area (Å²) in [7, 11) is 0. The van der Waals surface area contributed by atoms with Crippen molar-refractivity contribution in [3.05, 3.63) is 32.8 Å². The fourth-order valence-corrected chi connectivity index (χ4v) is 5.24. The quantitative estimate of drug-likeness (QED) is 0.787. The van der Waals surface area contributed by atoms with Crippen LogP contribution < -0.4 is 5.32 Å². The van der Waals surface area contributed by atoms with E-state index in [2.05, 4.69) is 21.7 Å². The van der Waals surface area contributed by atoms with E-state index in [1.54, 1.807) is 22.7 Å². The summed E-state index contributed by atoms with van der Waals surface area (Å²) in [4.78, 5) is 22.2. The molecule has 0 aromatic carbocycles. The van der Waals surface area contributed by atoms with E-state index in [1.165, 1.54) is 31.0 Å². The molecule has 3 heterocycles. The summed E-state index contributed by atoms with van der Waals surface area (Å²) in [5, 5.41) is 10.7. The van der Waals surface area contributed by atoms with E-state index in [-0.39, 0.29) is 5.91 Å². The first-order valence-electron chi connectivity index (χ1n) is 8.05. The highest BCUT2D eigenvalue weighted by Crippen LogP contribution is 2.31. The molecule has 1 aliphatic carbocycles. The summed E-state index contributed by atoms with van der Waals surface area (Å²) < 4.78 is 0. The van der Waals surface area contributed by atoms with Crippen LogP contribution in [-0.4, -0.2) is 22.1 Å². The second kappa shape index (κ2) is 7.21. The highest BCUT2D eigenvalue weighted by molar-refractivity contribution is 8.18. The largest absolute Gasteiger partial charge is 0.301 e. The van der Waals surface area contributed by atoms with Crippen molar-refractivity contribution < 1.29 is 4.79 Å². The van der Waals surface area contributed by atoms with Crippen molar-refractivity contribution in [3.63, 3.8) is 0 Å². The zero-order chi connectivity index (χ0) is 16.4. The Morgan fingerprint density at radius 3 is 2.92 bits per heavy atom. The number of amides is 1. The SMILES string of the molecule is O=C1NC(=NC2CCCCC2)S/C1=C\c1csc(-c2ccsc2)n1. The maximum atomic E-state index is 12.2. The van der Waals surface area contributed by atoms with Crippen LogP contribution in [0, 0.1) is 0 Å². The van der Waals surface area contributed by atoms with Gasteiger partial charge in [0.1, 0.15) is 5.01 Å². The lowest BCUT2D eigenvalue weighted by molar-refractivity contribution is -0.115. The first-order chi connectivity index (χ1) is 11.8. The Hall–Kier alpha value is -1.44. The third kappa shape index (κ3) is 3.63. The van der Waals surface area contributed by atoms with Crippen LogP contribution in [0.25, 0.3) is 16.6 Å². The molecule has 1 amide bonds. The molecule has 24 heavy (non-hydrogen) atoms. The molecule has 2 aromatic rings. The number of hydrogen-bond donors (Lipinski definition) is 1. The number of carbonyl (C=O) groups is 1. The number of amidine groups is 1. The summed E-state index contributed by atoms with van der Waals surface area (Å²) in [5.74, 6) is -0.0698. The van der Waals surface area contributed by atoms with Crippen LogP contribution in [0.15, 0.2) is 32.1 Å². The average Bonchev–Trinajstić information content (AvgIpc) is 3.31. The second-order valence-corrected chi connectivity index (χ2v) is 8.55. The van der Waals surface area contributed by atoms with Gasteiger partial charge in [-0.2, -0.15) is 11.3 Å². The normalized spacial score (nSPS) is 22.4.